The summed E-state index contributed by atoms with van der Waals surface area (Å²) in [6.45, 7) is 4.04. The predicted octanol–water partition coefficient (Wildman–Crippen LogP) is 6.25. The highest BCUT2D eigenvalue weighted by molar-refractivity contribution is 9.10. The van der Waals surface area contributed by atoms with Crippen molar-refractivity contribution in [2.45, 2.75) is 25.9 Å². The molecule has 2 aromatic carbocycles. The van der Waals surface area contributed by atoms with Gasteiger partial charge in [-0.05, 0) is 65.7 Å². The van der Waals surface area contributed by atoms with Crippen LogP contribution in [0.3, 0.4) is 0 Å². The van der Waals surface area contributed by atoms with Crippen molar-refractivity contribution in [2.75, 3.05) is 4.90 Å². The minimum absolute atomic E-state index is 0.0432. The molecule has 1 aromatic heterocycles. The van der Waals surface area contributed by atoms with Crippen LogP contribution in [0.15, 0.2) is 53.1 Å². The molecule has 29 heavy (non-hydrogen) atoms. The monoisotopic (exact) mass is 471 g/mol. The van der Waals surface area contributed by atoms with Gasteiger partial charge in [0.2, 0.25) is 0 Å². The van der Waals surface area contributed by atoms with Crippen molar-refractivity contribution in [1.29, 1.82) is 5.26 Å². The van der Waals surface area contributed by atoms with E-state index in [4.69, 9.17) is 16.9 Å². The van der Waals surface area contributed by atoms with E-state index in [0.717, 1.165) is 15.9 Å². The number of carbonyl (C=O) groups excluding carboxylic acids is 1. The van der Waals surface area contributed by atoms with Crippen LogP contribution < -0.4 is 4.90 Å². The van der Waals surface area contributed by atoms with Gasteiger partial charge in [-0.1, -0.05) is 29.8 Å². The average Bonchev–Trinajstić information content (AvgIpc) is 3.17. The van der Waals surface area contributed by atoms with Gasteiger partial charge in [0.1, 0.15) is 6.04 Å². The van der Waals surface area contributed by atoms with E-state index in [9.17, 15) is 9.18 Å². The summed E-state index contributed by atoms with van der Waals surface area (Å²) in [5, 5.41) is 9.08. The number of amides is 1. The molecule has 2 heterocycles. The van der Waals surface area contributed by atoms with Crippen molar-refractivity contribution >= 4 is 39.1 Å². The van der Waals surface area contributed by atoms with E-state index in [1.807, 2.05) is 18.4 Å². The molecule has 1 unspecified atom stereocenters. The van der Waals surface area contributed by atoms with Gasteiger partial charge in [-0.3, -0.25) is 9.69 Å². The van der Waals surface area contributed by atoms with Crippen LogP contribution in [-0.4, -0.2) is 10.5 Å². The maximum absolute atomic E-state index is 14.9. The molecular weight excluding hydrogens is 457 g/mol. The van der Waals surface area contributed by atoms with Crippen molar-refractivity contribution in [3.8, 4) is 6.07 Å². The SMILES string of the molecule is CC(C)n1c(Br)cc2c1C(c1ccc(C#N)cc1)N(c1cccc(Cl)c1F)C2=O. The minimum atomic E-state index is -0.638. The number of aromatic nitrogens is 1. The molecule has 1 aliphatic heterocycles. The number of carbonyl (C=O) groups is 1. The van der Waals surface area contributed by atoms with Gasteiger partial charge in [-0.25, -0.2) is 4.39 Å². The maximum Gasteiger partial charge on any atom is 0.261 e. The first-order valence-electron chi connectivity index (χ1n) is 9.03. The van der Waals surface area contributed by atoms with Crippen LogP contribution in [0.5, 0.6) is 0 Å². The average molecular weight is 473 g/mol. The first kappa shape index (κ1) is 19.7. The van der Waals surface area contributed by atoms with Crippen LogP contribution in [0.25, 0.3) is 0 Å². The van der Waals surface area contributed by atoms with Crippen LogP contribution >= 0.6 is 27.5 Å². The quantitative estimate of drug-likeness (QED) is 0.453. The second-order valence-corrected chi connectivity index (χ2v) is 8.33. The lowest BCUT2D eigenvalue weighted by molar-refractivity contribution is 0.0992. The molecule has 3 aromatic rings. The third-order valence-corrected chi connectivity index (χ3v) is 5.96. The maximum atomic E-state index is 14.9. The molecule has 0 fully saturated rings. The Morgan fingerprint density at radius 3 is 2.52 bits per heavy atom. The Balaban J connectivity index is 1.98. The van der Waals surface area contributed by atoms with Crippen molar-refractivity contribution < 1.29 is 9.18 Å². The third kappa shape index (κ3) is 3.06. The number of hydrogen-bond acceptors (Lipinski definition) is 2. The lowest BCUT2D eigenvalue weighted by Gasteiger charge is -2.29. The highest BCUT2D eigenvalue weighted by atomic mass is 79.9. The molecule has 0 saturated heterocycles. The number of benzene rings is 2. The fourth-order valence-electron chi connectivity index (χ4n) is 3.83. The second kappa shape index (κ2) is 7.33. The predicted molar refractivity (Wildman–Crippen MR) is 114 cm³/mol. The molecule has 0 radical (unpaired) electrons. The summed E-state index contributed by atoms with van der Waals surface area (Å²) in [6, 6.07) is 15.0. The summed E-state index contributed by atoms with van der Waals surface area (Å²) in [6.07, 6.45) is 0. The highest BCUT2D eigenvalue weighted by Crippen LogP contribution is 2.46. The van der Waals surface area contributed by atoms with Gasteiger partial charge >= 0.3 is 0 Å². The number of hydrogen-bond donors (Lipinski definition) is 0. The molecule has 146 valence electrons. The van der Waals surface area contributed by atoms with E-state index >= 15 is 0 Å². The molecule has 0 N–H and O–H groups in total. The Hall–Kier alpha value is -2.62. The fourth-order valence-corrected chi connectivity index (χ4v) is 4.82. The van der Waals surface area contributed by atoms with Crippen molar-refractivity contribution in [2.24, 2.45) is 0 Å². The van der Waals surface area contributed by atoms with Gasteiger partial charge in [-0.15, -0.1) is 0 Å². The molecule has 1 amide bonds. The Bertz CT molecular complexity index is 1160. The zero-order valence-corrected chi connectivity index (χ0v) is 18.0. The first-order valence-corrected chi connectivity index (χ1v) is 10.2. The van der Waals surface area contributed by atoms with Crippen molar-refractivity contribution in [1.82, 2.24) is 4.57 Å². The lowest BCUT2D eigenvalue weighted by atomic mass is 10.0. The lowest BCUT2D eigenvalue weighted by Crippen LogP contribution is -2.30. The van der Waals surface area contributed by atoms with E-state index < -0.39 is 11.9 Å². The molecule has 4 nitrogen and oxygen atoms in total. The van der Waals surface area contributed by atoms with Gasteiger partial charge in [0.05, 0.1) is 38.2 Å². The van der Waals surface area contributed by atoms with E-state index in [-0.39, 0.29) is 22.7 Å². The molecule has 1 aliphatic rings. The van der Waals surface area contributed by atoms with E-state index in [1.54, 1.807) is 42.5 Å². The van der Waals surface area contributed by atoms with E-state index in [2.05, 4.69) is 22.0 Å². The van der Waals surface area contributed by atoms with E-state index in [0.29, 0.717) is 11.1 Å². The molecule has 0 spiro atoms. The van der Waals surface area contributed by atoms with Crippen molar-refractivity contribution in [3.63, 3.8) is 0 Å². The summed E-state index contributed by atoms with van der Waals surface area (Å²) in [4.78, 5) is 14.8. The number of nitriles is 1. The molecule has 0 saturated carbocycles. The van der Waals surface area contributed by atoms with Gasteiger partial charge in [0.15, 0.2) is 5.82 Å². The summed E-state index contributed by atoms with van der Waals surface area (Å²) in [5.41, 5.74) is 2.71. The largest absolute Gasteiger partial charge is 0.334 e. The van der Waals surface area contributed by atoms with Crippen LogP contribution in [0, 0.1) is 17.1 Å². The normalized spacial score (nSPS) is 15.7. The Morgan fingerprint density at radius 1 is 1.21 bits per heavy atom. The molecule has 7 heteroatoms. The minimum Gasteiger partial charge on any atom is -0.334 e. The summed E-state index contributed by atoms with van der Waals surface area (Å²) < 4.78 is 17.7. The molecular formula is C22H16BrClFN3O. The van der Waals surface area contributed by atoms with Gasteiger partial charge in [-0.2, -0.15) is 5.26 Å². The van der Waals surface area contributed by atoms with Crippen LogP contribution in [0.2, 0.25) is 5.02 Å². The summed E-state index contributed by atoms with van der Waals surface area (Å²) in [7, 11) is 0. The summed E-state index contributed by atoms with van der Waals surface area (Å²) >= 11 is 9.55. The number of halogens is 3. The van der Waals surface area contributed by atoms with Gasteiger partial charge < -0.3 is 4.57 Å². The van der Waals surface area contributed by atoms with Gasteiger partial charge in [0, 0.05) is 6.04 Å². The molecule has 1 atom stereocenters. The highest BCUT2D eigenvalue weighted by Gasteiger charge is 2.43. The van der Waals surface area contributed by atoms with Gasteiger partial charge in [0.25, 0.3) is 5.91 Å². The Labute approximate surface area is 181 Å². The number of nitrogens with zero attached hydrogens (tertiary/aromatic N) is 3. The zero-order chi connectivity index (χ0) is 20.9. The topological polar surface area (TPSA) is 49.0 Å². The first-order chi connectivity index (χ1) is 13.8. The molecule has 4 rings (SSSR count). The second-order valence-electron chi connectivity index (χ2n) is 7.11. The smallest absolute Gasteiger partial charge is 0.261 e. The zero-order valence-electron chi connectivity index (χ0n) is 15.7. The van der Waals surface area contributed by atoms with E-state index in [1.165, 1.54) is 11.0 Å². The Kier molecular flexibility index (Phi) is 4.97. The van der Waals surface area contributed by atoms with Crippen molar-refractivity contribution in [3.05, 3.63) is 86.4 Å². The van der Waals surface area contributed by atoms with Crippen LogP contribution in [0.1, 0.15) is 53.1 Å². The number of anilines is 1. The Morgan fingerprint density at radius 2 is 1.90 bits per heavy atom. The number of rotatable bonds is 3. The number of fused-ring (bicyclic) bond motifs is 1. The van der Waals surface area contributed by atoms with Crippen LogP contribution in [0.4, 0.5) is 10.1 Å². The fraction of sp³-hybridized carbons (Fsp3) is 0.182. The summed E-state index contributed by atoms with van der Waals surface area (Å²) in [5.74, 6) is -0.933. The standard InChI is InChI=1S/C22H16BrClFN3O/c1-12(2)27-18(23)10-15-21(27)20(14-8-6-13(11-26)7-9-14)28(22(15)29)17-5-3-4-16(24)19(17)25/h3-10,12,20H,1-2H3. The molecule has 0 bridgehead atoms. The molecule has 0 aliphatic carbocycles. The van der Waals surface area contributed by atoms with Crippen LogP contribution in [-0.2, 0) is 0 Å². The third-order valence-electron chi connectivity index (χ3n) is 5.06.